The van der Waals surface area contributed by atoms with Crippen molar-refractivity contribution in [3.05, 3.63) is 52.0 Å². The van der Waals surface area contributed by atoms with E-state index >= 15 is 0 Å². The molecule has 4 nitrogen and oxygen atoms in total. The quantitative estimate of drug-likeness (QED) is 0.654. The van der Waals surface area contributed by atoms with Gasteiger partial charge >= 0.3 is 0 Å². The molecule has 1 heterocycles. The molecule has 0 radical (unpaired) electrons. The molecule has 1 aromatic carbocycles. The van der Waals surface area contributed by atoms with E-state index in [0.29, 0.717) is 5.82 Å². The summed E-state index contributed by atoms with van der Waals surface area (Å²) in [6.45, 7) is 8.14. The molecule has 0 aliphatic rings. The smallest absolute Gasteiger partial charge is 0.146 e. The van der Waals surface area contributed by atoms with Crippen molar-refractivity contribution in [2.24, 2.45) is 5.84 Å². The number of hydrogen-bond acceptors (Lipinski definition) is 4. The van der Waals surface area contributed by atoms with Crippen LogP contribution < -0.4 is 11.3 Å². The summed E-state index contributed by atoms with van der Waals surface area (Å²) in [6.07, 6.45) is 0.721. The second-order valence-corrected chi connectivity index (χ2v) is 5.02. The number of hydrogen-bond donors (Lipinski definition) is 2. The molecule has 1 aromatic heterocycles. The van der Waals surface area contributed by atoms with E-state index in [-0.39, 0.29) is 0 Å². The van der Waals surface area contributed by atoms with Gasteiger partial charge in [0.2, 0.25) is 0 Å². The van der Waals surface area contributed by atoms with E-state index in [4.69, 9.17) is 5.84 Å². The zero-order chi connectivity index (χ0) is 14.0. The molecule has 0 spiro atoms. The van der Waals surface area contributed by atoms with Gasteiger partial charge in [0.25, 0.3) is 0 Å². The van der Waals surface area contributed by atoms with Crippen molar-refractivity contribution in [1.82, 2.24) is 9.97 Å². The Bertz CT molecular complexity index is 585. The Kier molecular flexibility index (Phi) is 3.81. The maximum Gasteiger partial charge on any atom is 0.146 e. The maximum atomic E-state index is 5.49. The second-order valence-electron chi connectivity index (χ2n) is 5.02. The number of nitrogen functional groups attached to an aromatic ring is 1. The van der Waals surface area contributed by atoms with Gasteiger partial charge in [-0.25, -0.2) is 15.8 Å². The van der Waals surface area contributed by atoms with Crippen molar-refractivity contribution in [2.75, 3.05) is 5.43 Å². The van der Waals surface area contributed by atoms with Crippen LogP contribution in [0.3, 0.4) is 0 Å². The first-order valence-electron chi connectivity index (χ1n) is 6.37. The first-order chi connectivity index (χ1) is 8.99. The van der Waals surface area contributed by atoms with Crippen LogP contribution in [0, 0.1) is 27.7 Å². The van der Waals surface area contributed by atoms with E-state index in [1.807, 2.05) is 13.8 Å². The van der Waals surface area contributed by atoms with Gasteiger partial charge in [0, 0.05) is 17.7 Å². The number of hydrazine groups is 1. The Morgan fingerprint density at radius 3 is 2.21 bits per heavy atom. The summed E-state index contributed by atoms with van der Waals surface area (Å²) in [5.74, 6) is 6.98. The molecule has 0 unspecified atom stereocenters. The predicted molar refractivity (Wildman–Crippen MR) is 78.0 cm³/mol. The fourth-order valence-electron chi connectivity index (χ4n) is 2.26. The van der Waals surface area contributed by atoms with Crippen LogP contribution in [0.15, 0.2) is 18.2 Å². The molecule has 0 saturated carbocycles. The predicted octanol–water partition coefficient (Wildman–Crippen LogP) is 2.59. The molecule has 3 N–H and O–H groups in total. The first kappa shape index (κ1) is 13.5. The van der Waals surface area contributed by atoms with Crippen LogP contribution in [0.25, 0.3) is 0 Å². The first-order valence-corrected chi connectivity index (χ1v) is 6.37. The van der Waals surface area contributed by atoms with Gasteiger partial charge in [0.05, 0.1) is 0 Å². The number of anilines is 1. The van der Waals surface area contributed by atoms with Crippen LogP contribution in [0.2, 0.25) is 0 Å². The van der Waals surface area contributed by atoms with E-state index in [0.717, 1.165) is 23.5 Å². The van der Waals surface area contributed by atoms with Gasteiger partial charge in [-0.2, -0.15) is 0 Å². The van der Waals surface area contributed by atoms with Gasteiger partial charge in [-0.05, 0) is 33.3 Å². The maximum absolute atomic E-state index is 5.49. The molecule has 0 fully saturated rings. The van der Waals surface area contributed by atoms with Crippen molar-refractivity contribution in [1.29, 1.82) is 0 Å². The Morgan fingerprint density at radius 2 is 1.63 bits per heavy atom. The van der Waals surface area contributed by atoms with Gasteiger partial charge in [-0.1, -0.05) is 29.3 Å². The summed E-state index contributed by atoms with van der Waals surface area (Å²) in [5.41, 5.74) is 8.33. The molecule has 0 atom stereocenters. The fraction of sp³-hybridized carbons (Fsp3) is 0.333. The Balaban J connectivity index is 2.35. The van der Waals surface area contributed by atoms with Crippen LogP contribution in [0.5, 0.6) is 0 Å². The zero-order valence-corrected chi connectivity index (χ0v) is 11.9. The molecule has 4 heteroatoms. The molecule has 0 aliphatic carbocycles. The summed E-state index contributed by atoms with van der Waals surface area (Å²) in [7, 11) is 0. The highest BCUT2D eigenvalue weighted by Gasteiger charge is 2.08. The molecule has 0 saturated heterocycles. The van der Waals surface area contributed by atoms with Gasteiger partial charge < -0.3 is 5.43 Å². The van der Waals surface area contributed by atoms with Crippen LogP contribution in [-0.2, 0) is 6.42 Å². The minimum Gasteiger partial charge on any atom is -0.308 e. The van der Waals surface area contributed by atoms with Crippen LogP contribution in [0.4, 0.5) is 5.82 Å². The molecule has 0 amide bonds. The summed E-state index contributed by atoms with van der Waals surface area (Å²) in [4.78, 5) is 8.99. The lowest BCUT2D eigenvalue weighted by Crippen LogP contribution is -2.13. The monoisotopic (exact) mass is 256 g/mol. The van der Waals surface area contributed by atoms with Gasteiger partial charge in [0.15, 0.2) is 0 Å². The molecule has 2 rings (SSSR count). The number of aromatic nitrogens is 2. The molecule has 0 bridgehead atoms. The van der Waals surface area contributed by atoms with Crippen molar-refractivity contribution in [2.45, 2.75) is 34.1 Å². The molecule has 2 aromatic rings. The third kappa shape index (κ3) is 3.09. The zero-order valence-electron chi connectivity index (χ0n) is 11.9. The Morgan fingerprint density at radius 1 is 1.00 bits per heavy atom. The number of rotatable bonds is 3. The largest absolute Gasteiger partial charge is 0.308 e. The van der Waals surface area contributed by atoms with E-state index in [1.54, 1.807) is 0 Å². The van der Waals surface area contributed by atoms with E-state index in [2.05, 4.69) is 47.4 Å². The highest BCUT2D eigenvalue weighted by molar-refractivity contribution is 5.44. The van der Waals surface area contributed by atoms with Gasteiger partial charge in [-0.3, -0.25) is 0 Å². The number of benzene rings is 1. The van der Waals surface area contributed by atoms with Crippen molar-refractivity contribution in [3.63, 3.8) is 0 Å². The number of nitrogens with one attached hydrogen (secondary N) is 1. The van der Waals surface area contributed by atoms with Crippen LogP contribution >= 0.6 is 0 Å². The number of aryl methyl sites for hydroxylation is 3. The number of nitrogens with zero attached hydrogens (tertiary/aromatic N) is 2. The van der Waals surface area contributed by atoms with Crippen LogP contribution in [-0.4, -0.2) is 9.97 Å². The van der Waals surface area contributed by atoms with Crippen LogP contribution in [0.1, 0.15) is 33.8 Å². The SMILES string of the molecule is Cc1cc(C)cc(Cc2nc(C)c(C)c(NN)n2)c1. The molecule has 19 heavy (non-hydrogen) atoms. The number of nitrogens with two attached hydrogens (primary N) is 1. The van der Waals surface area contributed by atoms with E-state index < -0.39 is 0 Å². The van der Waals surface area contributed by atoms with Crippen molar-refractivity contribution >= 4 is 5.82 Å². The average molecular weight is 256 g/mol. The molecular weight excluding hydrogens is 236 g/mol. The molecule has 0 aliphatic heterocycles. The normalized spacial score (nSPS) is 10.6. The lowest BCUT2D eigenvalue weighted by Gasteiger charge is -2.10. The Hall–Kier alpha value is -1.94. The van der Waals surface area contributed by atoms with E-state index in [9.17, 15) is 0 Å². The summed E-state index contributed by atoms with van der Waals surface area (Å²) >= 11 is 0. The highest BCUT2D eigenvalue weighted by atomic mass is 15.3. The summed E-state index contributed by atoms with van der Waals surface area (Å²) in [5, 5.41) is 0. The fourth-order valence-corrected chi connectivity index (χ4v) is 2.26. The highest BCUT2D eigenvalue weighted by Crippen LogP contribution is 2.17. The summed E-state index contributed by atoms with van der Waals surface area (Å²) in [6, 6.07) is 6.50. The summed E-state index contributed by atoms with van der Waals surface area (Å²) < 4.78 is 0. The molecular formula is C15H20N4. The third-order valence-corrected chi connectivity index (χ3v) is 3.22. The van der Waals surface area contributed by atoms with Gasteiger partial charge in [0.1, 0.15) is 11.6 Å². The average Bonchev–Trinajstić information content (AvgIpc) is 2.32. The lowest BCUT2D eigenvalue weighted by atomic mass is 10.0. The third-order valence-electron chi connectivity index (χ3n) is 3.22. The minimum absolute atomic E-state index is 0.701. The lowest BCUT2D eigenvalue weighted by molar-refractivity contribution is 0.923. The van der Waals surface area contributed by atoms with Crippen molar-refractivity contribution < 1.29 is 0 Å². The standard InChI is InChI=1S/C15H20N4/c1-9-5-10(2)7-13(6-9)8-14-17-12(4)11(3)15(18-14)19-16/h5-7H,8,16H2,1-4H3,(H,17,18,19). The minimum atomic E-state index is 0.701. The molecule has 100 valence electrons. The Labute approximate surface area is 114 Å². The van der Waals surface area contributed by atoms with Gasteiger partial charge in [-0.15, -0.1) is 0 Å². The van der Waals surface area contributed by atoms with E-state index in [1.165, 1.54) is 16.7 Å². The topological polar surface area (TPSA) is 63.8 Å². The second kappa shape index (κ2) is 5.36. The van der Waals surface area contributed by atoms with Crippen molar-refractivity contribution in [3.8, 4) is 0 Å².